The highest BCUT2D eigenvalue weighted by Crippen LogP contribution is 2.26. The number of hydrogen-bond donors (Lipinski definition) is 3. The molecule has 0 atom stereocenters. The maximum atomic E-state index is 12.4. The quantitative estimate of drug-likeness (QED) is 0.553. The number of thiazole rings is 1. The maximum absolute atomic E-state index is 12.4. The number of carbonyl (C=O) groups excluding carboxylic acids is 2. The van der Waals surface area contributed by atoms with Crippen LogP contribution in [-0.2, 0) is 6.54 Å². The topological polar surface area (TPSA) is 83.1 Å². The lowest BCUT2D eigenvalue weighted by molar-refractivity contribution is 0.0944. The van der Waals surface area contributed by atoms with E-state index in [9.17, 15) is 9.59 Å². The minimum absolute atomic E-state index is 0.0596. The molecule has 1 heterocycles. The third kappa shape index (κ3) is 5.00. The minimum Gasteiger partial charge on any atom is -0.349 e. The van der Waals surface area contributed by atoms with Gasteiger partial charge in [-0.05, 0) is 43.0 Å². The van der Waals surface area contributed by atoms with E-state index in [0.717, 1.165) is 29.7 Å². The van der Waals surface area contributed by atoms with E-state index in [-0.39, 0.29) is 11.8 Å². The lowest BCUT2D eigenvalue weighted by Gasteiger charge is -2.10. The second-order valence-corrected chi connectivity index (χ2v) is 8.13. The highest BCUT2D eigenvalue weighted by atomic mass is 32.1. The molecule has 2 amide bonds. The fourth-order valence-electron chi connectivity index (χ4n) is 2.81. The van der Waals surface area contributed by atoms with Crippen LogP contribution in [0.25, 0.3) is 0 Å². The van der Waals surface area contributed by atoms with Crippen molar-refractivity contribution in [2.75, 3.05) is 5.32 Å². The summed E-state index contributed by atoms with van der Waals surface area (Å²) in [6, 6.07) is 15.6. The van der Waals surface area contributed by atoms with Crippen LogP contribution in [0.2, 0.25) is 0 Å². The molecule has 2 aromatic carbocycles. The Morgan fingerprint density at radius 3 is 2.66 bits per heavy atom. The summed E-state index contributed by atoms with van der Waals surface area (Å²) in [4.78, 5) is 29.5. The molecule has 0 bridgehead atoms. The lowest BCUT2D eigenvalue weighted by Crippen LogP contribution is -2.25. The largest absolute Gasteiger partial charge is 0.349 e. The van der Waals surface area contributed by atoms with Crippen molar-refractivity contribution < 1.29 is 9.59 Å². The molecule has 6 nitrogen and oxygen atoms in total. The fraction of sp³-hybridized carbons (Fsp3) is 0.227. The number of aryl methyl sites for hydroxylation is 1. The highest BCUT2D eigenvalue weighted by Gasteiger charge is 2.24. The third-order valence-electron chi connectivity index (χ3n) is 4.68. The summed E-state index contributed by atoms with van der Waals surface area (Å²) in [7, 11) is 0. The zero-order valence-corrected chi connectivity index (χ0v) is 16.9. The van der Waals surface area contributed by atoms with Gasteiger partial charge in [-0.25, -0.2) is 4.98 Å². The predicted octanol–water partition coefficient (Wildman–Crippen LogP) is 4.02. The Bertz CT molecular complexity index is 1030. The summed E-state index contributed by atoms with van der Waals surface area (Å²) in [5, 5.41) is 9.74. The Morgan fingerprint density at radius 1 is 1.10 bits per heavy atom. The number of amides is 2. The van der Waals surface area contributed by atoms with Crippen LogP contribution in [0.15, 0.2) is 54.7 Å². The molecule has 1 aromatic heterocycles. The number of nitrogens with zero attached hydrogens (tertiary/aromatic N) is 1. The normalized spacial score (nSPS) is 13.0. The van der Waals surface area contributed by atoms with Gasteiger partial charge in [-0.15, -0.1) is 0 Å². The molecular formula is C22H22N4O2S. The first-order chi connectivity index (χ1) is 14.1. The Labute approximate surface area is 173 Å². The summed E-state index contributed by atoms with van der Waals surface area (Å²) in [5.74, 6) is -0.218. The number of nitrogens with one attached hydrogen (secondary N) is 3. The third-order valence-corrected chi connectivity index (χ3v) is 5.59. The zero-order valence-electron chi connectivity index (χ0n) is 16.1. The Hall–Kier alpha value is -3.19. The van der Waals surface area contributed by atoms with Crippen LogP contribution in [0.5, 0.6) is 0 Å². The van der Waals surface area contributed by atoms with Crippen LogP contribution in [0.1, 0.15) is 44.0 Å². The Morgan fingerprint density at radius 2 is 1.90 bits per heavy atom. The number of aromatic nitrogens is 1. The molecule has 7 heteroatoms. The van der Waals surface area contributed by atoms with E-state index in [1.807, 2.05) is 55.5 Å². The van der Waals surface area contributed by atoms with E-state index < -0.39 is 0 Å². The molecule has 0 radical (unpaired) electrons. The van der Waals surface area contributed by atoms with Crippen LogP contribution in [0.3, 0.4) is 0 Å². The van der Waals surface area contributed by atoms with Crippen LogP contribution >= 0.6 is 11.3 Å². The molecule has 0 saturated heterocycles. The lowest BCUT2D eigenvalue weighted by atomic mass is 10.1. The van der Waals surface area contributed by atoms with E-state index in [1.54, 1.807) is 6.20 Å². The van der Waals surface area contributed by atoms with Gasteiger partial charge in [-0.2, -0.15) is 0 Å². The SMILES string of the molecule is Cc1ccc(C(=O)NC2CC2)cc1Nc1ncc(C(=O)NCc2ccccc2)s1. The van der Waals surface area contributed by atoms with Crippen molar-refractivity contribution >= 4 is 34.0 Å². The summed E-state index contributed by atoms with van der Waals surface area (Å²) in [6.07, 6.45) is 3.67. The molecule has 0 unspecified atom stereocenters. The molecular weight excluding hydrogens is 384 g/mol. The minimum atomic E-state index is -0.159. The molecule has 1 saturated carbocycles. The van der Waals surface area contributed by atoms with Crippen molar-refractivity contribution in [2.24, 2.45) is 0 Å². The summed E-state index contributed by atoms with van der Waals surface area (Å²) >= 11 is 1.28. The number of hydrogen-bond acceptors (Lipinski definition) is 5. The smallest absolute Gasteiger partial charge is 0.263 e. The molecule has 1 aliphatic carbocycles. The van der Waals surface area contributed by atoms with Crippen molar-refractivity contribution in [2.45, 2.75) is 32.4 Å². The average Bonchev–Trinajstić information content (AvgIpc) is 3.42. The van der Waals surface area contributed by atoms with Crippen LogP contribution in [0, 0.1) is 6.92 Å². The van der Waals surface area contributed by atoms with Crippen molar-refractivity contribution in [3.63, 3.8) is 0 Å². The van der Waals surface area contributed by atoms with Gasteiger partial charge in [-0.1, -0.05) is 47.7 Å². The van der Waals surface area contributed by atoms with Gasteiger partial charge in [0.15, 0.2) is 5.13 Å². The first-order valence-corrected chi connectivity index (χ1v) is 10.4. The summed E-state index contributed by atoms with van der Waals surface area (Å²) < 4.78 is 0. The number of benzene rings is 2. The molecule has 3 aromatic rings. The fourth-order valence-corrected chi connectivity index (χ4v) is 3.56. The van der Waals surface area contributed by atoms with Gasteiger partial charge in [0.2, 0.25) is 0 Å². The predicted molar refractivity (Wildman–Crippen MR) is 115 cm³/mol. The molecule has 3 N–H and O–H groups in total. The molecule has 0 spiro atoms. The van der Waals surface area contributed by atoms with Crippen molar-refractivity contribution in [1.82, 2.24) is 15.6 Å². The second kappa shape index (κ2) is 8.45. The molecule has 148 valence electrons. The van der Waals surface area contributed by atoms with Gasteiger partial charge in [0.05, 0.1) is 6.20 Å². The standard InChI is InChI=1S/C22H22N4O2S/c1-14-7-8-16(20(27)25-17-9-10-17)11-18(14)26-22-24-13-19(29-22)21(28)23-12-15-5-3-2-4-6-15/h2-8,11,13,17H,9-10,12H2,1H3,(H,23,28)(H,24,26)(H,25,27). The van der Waals surface area contributed by atoms with Gasteiger partial charge in [0.25, 0.3) is 11.8 Å². The van der Waals surface area contributed by atoms with E-state index in [0.29, 0.717) is 28.2 Å². The zero-order chi connectivity index (χ0) is 20.2. The molecule has 0 aliphatic heterocycles. The highest BCUT2D eigenvalue weighted by molar-refractivity contribution is 7.17. The number of anilines is 2. The maximum Gasteiger partial charge on any atom is 0.263 e. The monoisotopic (exact) mass is 406 g/mol. The van der Waals surface area contributed by atoms with Crippen LogP contribution in [0.4, 0.5) is 10.8 Å². The van der Waals surface area contributed by atoms with Crippen molar-refractivity contribution in [3.8, 4) is 0 Å². The van der Waals surface area contributed by atoms with E-state index in [4.69, 9.17) is 0 Å². The number of rotatable bonds is 7. The average molecular weight is 407 g/mol. The van der Waals surface area contributed by atoms with Crippen LogP contribution in [-0.4, -0.2) is 22.8 Å². The van der Waals surface area contributed by atoms with Crippen molar-refractivity contribution in [1.29, 1.82) is 0 Å². The first-order valence-electron chi connectivity index (χ1n) is 9.55. The van der Waals surface area contributed by atoms with Gasteiger partial charge in [0.1, 0.15) is 4.88 Å². The molecule has 1 aliphatic rings. The Balaban J connectivity index is 1.40. The van der Waals surface area contributed by atoms with Gasteiger partial charge in [-0.3, -0.25) is 9.59 Å². The van der Waals surface area contributed by atoms with Gasteiger partial charge < -0.3 is 16.0 Å². The second-order valence-electron chi connectivity index (χ2n) is 7.10. The number of carbonyl (C=O) groups is 2. The van der Waals surface area contributed by atoms with E-state index >= 15 is 0 Å². The molecule has 1 fully saturated rings. The van der Waals surface area contributed by atoms with Gasteiger partial charge >= 0.3 is 0 Å². The molecule has 4 rings (SSSR count). The van der Waals surface area contributed by atoms with E-state index in [1.165, 1.54) is 11.3 Å². The summed E-state index contributed by atoms with van der Waals surface area (Å²) in [5.41, 5.74) is 3.46. The summed E-state index contributed by atoms with van der Waals surface area (Å²) in [6.45, 7) is 2.43. The van der Waals surface area contributed by atoms with E-state index in [2.05, 4.69) is 20.9 Å². The Kier molecular flexibility index (Phi) is 5.57. The van der Waals surface area contributed by atoms with Gasteiger partial charge in [0, 0.05) is 23.8 Å². The van der Waals surface area contributed by atoms with Crippen molar-refractivity contribution in [3.05, 3.63) is 76.3 Å². The van der Waals surface area contributed by atoms with Crippen LogP contribution < -0.4 is 16.0 Å². The molecule has 29 heavy (non-hydrogen) atoms. The first kappa shape index (κ1) is 19.1.